The van der Waals surface area contributed by atoms with Gasteiger partial charge in [-0.3, -0.25) is 4.79 Å². The molecule has 1 aliphatic heterocycles. The number of benzene rings is 1. The first-order valence-corrected chi connectivity index (χ1v) is 10.2. The number of carbonyl (C=O) groups excluding carboxylic acids is 1. The summed E-state index contributed by atoms with van der Waals surface area (Å²) in [4.78, 5) is 14.7. The number of anilines is 1. The first-order valence-electron chi connectivity index (χ1n) is 9.84. The molecule has 27 heavy (non-hydrogen) atoms. The van der Waals surface area contributed by atoms with Gasteiger partial charge in [0.1, 0.15) is 0 Å². The summed E-state index contributed by atoms with van der Waals surface area (Å²) in [7, 11) is 0. The van der Waals surface area contributed by atoms with Crippen molar-refractivity contribution in [1.29, 1.82) is 0 Å². The van der Waals surface area contributed by atoms with Crippen LogP contribution in [0.15, 0.2) is 36.4 Å². The summed E-state index contributed by atoms with van der Waals surface area (Å²) in [6.07, 6.45) is 6.51. The van der Waals surface area contributed by atoms with Gasteiger partial charge in [-0.05, 0) is 49.9 Å². The number of nitrogens with one attached hydrogen (secondary N) is 1. The maximum atomic E-state index is 12.5. The Kier molecular flexibility index (Phi) is 5.58. The molecule has 0 radical (unpaired) electrons. The third kappa shape index (κ3) is 4.41. The van der Waals surface area contributed by atoms with Crippen LogP contribution in [0.1, 0.15) is 38.5 Å². The minimum atomic E-state index is 0.128. The summed E-state index contributed by atoms with van der Waals surface area (Å²) in [6.45, 7) is 1.69. The zero-order valence-corrected chi connectivity index (χ0v) is 16.2. The molecular weight excluding hydrogens is 360 g/mol. The van der Waals surface area contributed by atoms with Gasteiger partial charge in [0, 0.05) is 35.6 Å². The highest BCUT2D eigenvalue weighted by molar-refractivity contribution is 6.30. The smallest absolute Gasteiger partial charge is 0.223 e. The van der Waals surface area contributed by atoms with E-state index in [-0.39, 0.29) is 11.8 Å². The van der Waals surface area contributed by atoms with E-state index in [2.05, 4.69) is 20.4 Å². The molecule has 2 aliphatic rings. The SMILES string of the molecule is O=C(NC1CCCC1)C1CCN(c2ccc(-c3ccc(Cl)cc3)nn2)CC1. The van der Waals surface area contributed by atoms with Crippen LogP contribution in [0.3, 0.4) is 0 Å². The molecule has 1 saturated carbocycles. The van der Waals surface area contributed by atoms with Crippen LogP contribution < -0.4 is 10.2 Å². The van der Waals surface area contributed by atoms with Crippen molar-refractivity contribution in [2.24, 2.45) is 5.92 Å². The Morgan fingerprint density at radius 3 is 2.30 bits per heavy atom. The summed E-state index contributed by atoms with van der Waals surface area (Å²) in [6, 6.07) is 12.0. The van der Waals surface area contributed by atoms with Gasteiger partial charge >= 0.3 is 0 Å². The van der Waals surface area contributed by atoms with Crippen molar-refractivity contribution in [2.75, 3.05) is 18.0 Å². The van der Waals surface area contributed by atoms with Crippen molar-refractivity contribution >= 4 is 23.3 Å². The predicted octanol–water partition coefficient (Wildman–Crippen LogP) is 4.07. The molecule has 6 heteroatoms. The van der Waals surface area contributed by atoms with E-state index in [9.17, 15) is 4.79 Å². The van der Waals surface area contributed by atoms with Crippen LogP contribution in [0.25, 0.3) is 11.3 Å². The molecule has 142 valence electrons. The molecule has 5 nitrogen and oxygen atoms in total. The fourth-order valence-corrected chi connectivity index (χ4v) is 4.15. The molecule has 1 N–H and O–H groups in total. The lowest BCUT2D eigenvalue weighted by molar-refractivity contribution is -0.126. The van der Waals surface area contributed by atoms with Gasteiger partial charge in [-0.1, -0.05) is 36.6 Å². The largest absolute Gasteiger partial charge is 0.355 e. The highest BCUT2D eigenvalue weighted by atomic mass is 35.5. The lowest BCUT2D eigenvalue weighted by atomic mass is 9.95. The van der Waals surface area contributed by atoms with Crippen LogP contribution in [-0.2, 0) is 4.79 Å². The Labute approximate surface area is 165 Å². The lowest BCUT2D eigenvalue weighted by Crippen LogP contribution is -2.43. The summed E-state index contributed by atoms with van der Waals surface area (Å²) in [5.74, 6) is 1.25. The first-order chi connectivity index (χ1) is 13.2. The average Bonchev–Trinajstić information content (AvgIpc) is 3.22. The molecular formula is C21H25ClN4O. The molecule has 0 unspecified atom stereocenters. The predicted molar refractivity (Wildman–Crippen MR) is 108 cm³/mol. The van der Waals surface area contributed by atoms with Crippen LogP contribution in [-0.4, -0.2) is 35.2 Å². The minimum absolute atomic E-state index is 0.128. The van der Waals surface area contributed by atoms with Gasteiger partial charge < -0.3 is 10.2 Å². The third-order valence-electron chi connectivity index (χ3n) is 5.68. The van der Waals surface area contributed by atoms with Gasteiger partial charge in [-0.25, -0.2) is 0 Å². The number of amides is 1. The number of piperidine rings is 1. The number of hydrogen-bond donors (Lipinski definition) is 1. The maximum Gasteiger partial charge on any atom is 0.223 e. The second kappa shape index (κ2) is 8.26. The normalized spacial score (nSPS) is 18.6. The zero-order chi connectivity index (χ0) is 18.6. The third-order valence-corrected chi connectivity index (χ3v) is 5.93. The average molecular weight is 385 g/mol. The molecule has 2 heterocycles. The van der Waals surface area contributed by atoms with Gasteiger partial charge in [-0.15, -0.1) is 10.2 Å². The minimum Gasteiger partial charge on any atom is -0.355 e. The topological polar surface area (TPSA) is 58.1 Å². The molecule has 0 bridgehead atoms. The number of nitrogens with zero attached hydrogens (tertiary/aromatic N) is 3. The molecule has 4 rings (SSSR count). The van der Waals surface area contributed by atoms with Gasteiger partial charge in [-0.2, -0.15) is 0 Å². The van der Waals surface area contributed by atoms with Crippen molar-refractivity contribution in [3.63, 3.8) is 0 Å². The first kappa shape index (κ1) is 18.2. The van der Waals surface area contributed by atoms with E-state index < -0.39 is 0 Å². The molecule has 1 saturated heterocycles. The Morgan fingerprint density at radius 2 is 1.67 bits per heavy atom. The molecule has 1 aromatic heterocycles. The Hall–Kier alpha value is -2.14. The quantitative estimate of drug-likeness (QED) is 0.863. The van der Waals surface area contributed by atoms with E-state index in [0.29, 0.717) is 11.1 Å². The molecule has 1 aromatic carbocycles. The molecule has 0 spiro atoms. The summed E-state index contributed by atoms with van der Waals surface area (Å²) >= 11 is 5.94. The fourth-order valence-electron chi connectivity index (χ4n) is 4.03. The van der Waals surface area contributed by atoms with E-state index in [4.69, 9.17) is 11.6 Å². The lowest BCUT2D eigenvalue weighted by Gasteiger charge is -2.32. The Balaban J connectivity index is 1.32. The van der Waals surface area contributed by atoms with Gasteiger partial charge in [0.15, 0.2) is 5.82 Å². The van der Waals surface area contributed by atoms with Crippen LogP contribution in [0, 0.1) is 5.92 Å². The van der Waals surface area contributed by atoms with E-state index in [0.717, 1.165) is 55.8 Å². The van der Waals surface area contributed by atoms with E-state index >= 15 is 0 Å². The van der Waals surface area contributed by atoms with Crippen LogP contribution in [0.5, 0.6) is 0 Å². The number of rotatable bonds is 4. The second-order valence-corrected chi connectivity index (χ2v) is 7.97. The molecule has 2 aromatic rings. The second-order valence-electron chi connectivity index (χ2n) is 7.53. The molecule has 2 fully saturated rings. The van der Waals surface area contributed by atoms with Gasteiger partial charge in [0.2, 0.25) is 5.91 Å². The Bertz CT molecular complexity index is 764. The number of carbonyl (C=O) groups is 1. The number of halogens is 1. The fraction of sp³-hybridized carbons (Fsp3) is 0.476. The number of hydrogen-bond acceptors (Lipinski definition) is 4. The summed E-state index contributed by atoms with van der Waals surface area (Å²) in [5.41, 5.74) is 1.84. The molecule has 1 amide bonds. The van der Waals surface area contributed by atoms with Crippen molar-refractivity contribution in [3.8, 4) is 11.3 Å². The highest BCUT2D eigenvalue weighted by Gasteiger charge is 2.28. The van der Waals surface area contributed by atoms with Crippen molar-refractivity contribution < 1.29 is 4.79 Å². The van der Waals surface area contributed by atoms with E-state index in [1.807, 2.05) is 36.4 Å². The van der Waals surface area contributed by atoms with Crippen molar-refractivity contribution in [3.05, 3.63) is 41.4 Å². The zero-order valence-electron chi connectivity index (χ0n) is 15.4. The highest BCUT2D eigenvalue weighted by Crippen LogP contribution is 2.25. The maximum absolute atomic E-state index is 12.5. The summed E-state index contributed by atoms with van der Waals surface area (Å²) in [5, 5.41) is 12.7. The van der Waals surface area contributed by atoms with Crippen LogP contribution in [0.4, 0.5) is 5.82 Å². The van der Waals surface area contributed by atoms with E-state index in [1.165, 1.54) is 12.8 Å². The Morgan fingerprint density at radius 1 is 0.963 bits per heavy atom. The van der Waals surface area contributed by atoms with Crippen LogP contribution in [0.2, 0.25) is 5.02 Å². The monoisotopic (exact) mass is 384 g/mol. The number of aromatic nitrogens is 2. The standard InChI is InChI=1S/C21H25ClN4O/c22-17-7-5-15(6-8-17)19-9-10-20(25-24-19)26-13-11-16(12-14-26)21(27)23-18-3-1-2-4-18/h5-10,16,18H,1-4,11-14H2,(H,23,27). The summed E-state index contributed by atoms with van der Waals surface area (Å²) < 4.78 is 0. The van der Waals surface area contributed by atoms with E-state index in [1.54, 1.807) is 0 Å². The van der Waals surface area contributed by atoms with Gasteiger partial charge in [0.05, 0.1) is 5.69 Å². The van der Waals surface area contributed by atoms with Crippen molar-refractivity contribution in [2.45, 2.75) is 44.6 Å². The van der Waals surface area contributed by atoms with Gasteiger partial charge in [0.25, 0.3) is 0 Å². The van der Waals surface area contributed by atoms with Crippen LogP contribution >= 0.6 is 11.6 Å². The molecule has 0 atom stereocenters. The van der Waals surface area contributed by atoms with Crippen molar-refractivity contribution in [1.82, 2.24) is 15.5 Å². The molecule has 1 aliphatic carbocycles.